The summed E-state index contributed by atoms with van der Waals surface area (Å²) in [7, 11) is -3.24. The Balaban J connectivity index is 2.09. The molecule has 0 atom stereocenters. The van der Waals surface area contributed by atoms with Gasteiger partial charge in [-0.05, 0) is 29.8 Å². The molecule has 25 heavy (non-hydrogen) atoms. The van der Waals surface area contributed by atoms with Crippen molar-refractivity contribution in [1.82, 2.24) is 9.78 Å². The maximum Gasteiger partial charge on any atom is 0.175 e. The Hall–Kier alpha value is -1.67. The van der Waals surface area contributed by atoms with Gasteiger partial charge in [-0.3, -0.25) is 0 Å². The first kappa shape index (κ1) is 18.1. The lowest BCUT2D eigenvalue weighted by Crippen LogP contribution is -2.02. The molecule has 0 saturated carbocycles. The number of sulfone groups is 1. The Bertz CT molecular complexity index is 1030. The molecule has 0 amide bonds. The molecule has 0 saturated heterocycles. The lowest BCUT2D eigenvalue weighted by atomic mass is 10.1. The molecule has 5 nitrogen and oxygen atoms in total. The first-order valence-corrected chi connectivity index (χ1v) is 10.4. The molecule has 1 aromatic heterocycles. The van der Waals surface area contributed by atoms with Gasteiger partial charge in [-0.1, -0.05) is 45.7 Å². The zero-order chi connectivity index (χ0) is 18.2. The summed E-state index contributed by atoms with van der Waals surface area (Å²) in [5, 5.41) is 4.69. The number of halogens is 2. The summed E-state index contributed by atoms with van der Waals surface area (Å²) in [4.78, 5) is 0.267. The monoisotopic (exact) mass is 439 g/mol. The van der Waals surface area contributed by atoms with Crippen LogP contribution < -0.4 is 5.73 Å². The molecule has 0 unspecified atom stereocenters. The summed E-state index contributed by atoms with van der Waals surface area (Å²) < 4.78 is 25.8. The first-order chi connectivity index (χ1) is 11.8. The fourth-order valence-corrected chi connectivity index (χ4v) is 3.80. The van der Waals surface area contributed by atoms with E-state index < -0.39 is 9.84 Å². The molecule has 8 heteroatoms. The second-order valence-corrected chi connectivity index (χ2v) is 8.80. The van der Waals surface area contributed by atoms with E-state index in [9.17, 15) is 8.42 Å². The van der Waals surface area contributed by atoms with E-state index in [1.807, 2.05) is 18.2 Å². The van der Waals surface area contributed by atoms with Crippen LogP contribution in [0.1, 0.15) is 5.56 Å². The van der Waals surface area contributed by atoms with Crippen LogP contribution in [0.25, 0.3) is 16.9 Å². The van der Waals surface area contributed by atoms with E-state index in [0.29, 0.717) is 11.7 Å². The summed E-state index contributed by atoms with van der Waals surface area (Å²) >= 11 is 9.61. The van der Waals surface area contributed by atoms with Crippen molar-refractivity contribution in [3.63, 3.8) is 0 Å². The fourth-order valence-electron chi connectivity index (χ4n) is 2.46. The molecule has 2 aromatic carbocycles. The molecule has 0 bridgehead atoms. The van der Waals surface area contributed by atoms with Crippen LogP contribution in [-0.4, -0.2) is 24.5 Å². The molecule has 3 aromatic rings. The van der Waals surface area contributed by atoms with E-state index in [-0.39, 0.29) is 4.90 Å². The Morgan fingerprint density at radius 2 is 1.84 bits per heavy atom. The number of benzene rings is 2. The van der Waals surface area contributed by atoms with Gasteiger partial charge in [0.25, 0.3) is 0 Å². The van der Waals surface area contributed by atoms with Gasteiger partial charge < -0.3 is 5.73 Å². The van der Waals surface area contributed by atoms with Gasteiger partial charge in [0.15, 0.2) is 15.0 Å². The Labute approximate surface area is 159 Å². The van der Waals surface area contributed by atoms with Crippen molar-refractivity contribution in [3.05, 3.63) is 63.7 Å². The van der Waals surface area contributed by atoms with E-state index in [2.05, 4.69) is 21.0 Å². The van der Waals surface area contributed by atoms with Crippen molar-refractivity contribution in [2.24, 2.45) is 5.73 Å². The van der Waals surface area contributed by atoms with Crippen LogP contribution in [0.5, 0.6) is 0 Å². The summed E-state index contributed by atoms with van der Waals surface area (Å²) in [5.74, 6) is 0. The van der Waals surface area contributed by atoms with E-state index in [4.69, 9.17) is 17.3 Å². The summed E-state index contributed by atoms with van der Waals surface area (Å²) in [6, 6.07) is 14.1. The summed E-state index contributed by atoms with van der Waals surface area (Å²) in [5.41, 5.74) is 9.07. The number of rotatable bonds is 4. The van der Waals surface area contributed by atoms with E-state index in [1.165, 1.54) is 6.26 Å². The number of hydrogen-bond donors (Lipinski definition) is 1. The largest absolute Gasteiger partial charge is 0.326 e. The number of nitrogens with two attached hydrogens (primary N) is 1. The van der Waals surface area contributed by atoms with Crippen LogP contribution in [-0.2, 0) is 16.4 Å². The van der Waals surface area contributed by atoms with Crippen LogP contribution in [0.15, 0.2) is 57.9 Å². The van der Waals surface area contributed by atoms with Gasteiger partial charge in [0.2, 0.25) is 0 Å². The predicted molar refractivity (Wildman–Crippen MR) is 103 cm³/mol. The molecule has 0 aliphatic carbocycles. The van der Waals surface area contributed by atoms with Gasteiger partial charge in [-0.2, -0.15) is 5.10 Å². The van der Waals surface area contributed by atoms with Crippen molar-refractivity contribution >= 4 is 37.4 Å². The lowest BCUT2D eigenvalue weighted by molar-refractivity contribution is 0.602. The first-order valence-electron chi connectivity index (χ1n) is 7.34. The third-order valence-electron chi connectivity index (χ3n) is 3.76. The average molecular weight is 441 g/mol. The van der Waals surface area contributed by atoms with E-state index >= 15 is 0 Å². The topological polar surface area (TPSA) is 78.0 Å². The zero-order valence-corrected chi connectivity index (χ0v) is 16.4. The highest BCUT2D eigenvalue weighted by Gasteiger charge is 2.13. The second-order valence-electron chi connectivity index (χ2n) is 5.54. The standard InChI is InChI=1S/C17H15BrClN3O2S/c1-25(23,24)14-6-3-11(4-7-14)16-9-17(19)21-22(16)13-5-2-12(10-20)15(18)8-13/h2-9H,10,20H2,1H3. The molecular weight excluding hydrogens is 426 g/mol. The van der Waals surface area contributed by atoms with Gasteiger partial charge >= 0.3 is 0 Å². The van der Waals surface area contributed by atoms with Crippen molar-refractivity contribution in [2.75, 3.05) is 6.26 Å². The van der Waals surface area contributed by atoms with Gasteiger partial charge in [-0.15, -0.1) is 0 Å². The maximum absolute atomic E-state index is 11.6. The lowest BCUT2D eigenvalue weighted by Gasteiger charge is -2.10. The highest BCUT2D eigenvalue weighted by molar-refractivity contribution is 9.10. The average Bonchev–Trinajstić information content (AvgIpc) is 2.96. The Morgan fingerprint density at radius 3 is 2.40 bits per heavy atom. The van der Waals surface area contributed by atoms with Crippen LogP contribution in [0.4, 0.5) is 0 Å². The SMILES string of the molecule is CS(=O)(=O)c1ccc(-c2cc(Cl)nn2-c2ccc(CN)c(Br)c2)cc1. The van der Waals surface area contributed by atoms with Crippen LogP contribution in [0.3, 0.4) is 0 Å². The van der Waals surface area contributed by atoms with Crippen LogP contribution in [0.2, 0.25) is 5.15 Å². The van der Waals surface area contributed by atoms with Crippen LogP contribution >= 0.6 is 27.5 Å². The third kappa shape index (κ3) is 3.79. The molecular formula is C17H15BrClN3O2S. The van der Waals surface area contributed by atoms with Gasteiger partial charge in [0.1, 0.15) is 0 Å². The summed E-state index contributed by atoms with van der Waals surface area (Å²) in [6.45, 7) is 0.431. The quantitative estimate of drug-likeness (QED) is 0.669. The van der Waals surface area contributed by atoms with Crippen molar-refractivity contribution in [2.45, 2.75) is 11.4 Å². The smallest absolute Gasteiger partial charge is 0.175 e. The molecule has 0 aliphatic rings. The van der Waals surface area contributed by atoms with Crippen molar-refractivity contribution in [1.29, 1.82) is 0 Å². The normalized spacial score (nSPS) is 11.7. The minimum atomic E-state index is -3.24. The predicted octanol–water partition coefficient (Wildman–Crippen LogP) is 3.82. The second kappa shape index (κ2) is 6.92. The minimum absolute atomic E-state index is 0.267. The van der Waals surface area contributed by atoms with Crippen molar-refractivity contribution < 1.29 is 8.42 Å². The summed E-state index contributed by atoms with van der Waals surface area (Å²) in [6.07, 6.45) is 1.18. The van der Waals surface area contributed by atoms with Crippen LogP contribution in [0, 0.1) is 0 Å². The molecule has 3 rings (SSSR count). The van der Waals surface area contributed by atoms with Gasteiger partial charge in [0, 0.05) is 28.9 Å². The molecule has 130 valence electrons. The van der Waals surface area contributed by atoms with Gasteiger partial charge in [0.05, 0.1) is 16.3 Å². The Morgan fingerprint density at radius 1 is 1.16 bits per heavy atom. The third-order valence-corrected chi connectivity index (χ3v) is 5.81. The van der Waals surface area contributed by atoms with Gasteiger partial charge in [-0.25, -0.2) is 13.1 Å². The van der Waals surface area contributed by atoms with E-state index in [0.717, 1.165) is 27.0 Å². The number of hydrogen-bond acceptors (Lipinski definition) is 4. The number of nitrogens with zero attached hydrogens (tertiary/aromatic N) is 2. The molecule has 1 heterocycles. The van der Waals surface area contributed by atoms with E-state index in [1.54, 1.807) is 35.0 Å². The molecule has 0 aliphatic heterocycles. The van der Waals surface area contributed by atoms with Crippen molar-refractivity contribution in [3.8, 4) is 16.9 Å². The molecule has 0 radical (unpaired) electrons. The molecule has 0 fully saturated rings. The molecule has 2 N–H and O–H groups in total. The highest BCUT2D eigenvalue weighted by Crippen LogP contribution is 2.29. The molecule has 0 spiro atoms. The zero-order valence-electron chi connectivity index (χ0n) is 13.3. The maximum atomic E-state index is 11.6. The number of aromatic nitrogens is 2. The highest BCUT2D eigenvalue weighted by atomic mass is 79.9. The Kier molecular flexibility index (Phi) is 5.02. The minimum Gasteiger partial charge on any atom is -0.326 e. The fraction of sp³-hybridized carbons (Fsp3) is 0.118.